The number of rotatable bonds is 7. The number of nitrogens with zero attached hydrogens (tertiary/aromatic N) is 1. The summed E-state index contributed by atoms with van der Waals surface area (Å²) in [5.74, 6) is 0.516. The van der Waals surface area contributed by atoms with Crippen molar-refractivity contribution in [1.29, 1.82) is 0 Å². The Bertz CT molecular complexity index is 845. The molecule has 1 aliphatic heterocycles. The van der Waals surface area contributed by atoms with Crippen molar-refractivity contribution in [2.24, 2.45) is 0 Å². The third-order valence-electron chi connectivity index (χ3n) is 4.53. The van der Waals surface area contributed by atoms with Gasteiger partial charge in [-0.1, -0.05) is 17.7 Å². The molecule has 2 aromatic rings. The molecular weight excluding hydrogens is 372 g/mol. The Labute approximate surface area is 170 Å². The molecular formula is C22H26N2O5. The molecule has 0 aliphatic carbocycles. The monoisotopic (exact) mass is 398 g/mol. The fourth-order valence-corrected chi connectivity index (χ4v) is 2.92. The maximum Gasteiger partial charge on any atom is 0.260 e. The molecule has 7 heteroatoms. The van der Waals surface area contributed by atoms with E-state index in [2.05, 4.69) is 5.32 Å². The standard InChI is InChI=1S/C22H26N2O5/c1-3-28-20-14-17(22(26)23-18-7-4-16(2)5-8-18)6-9-19(20)29-15-21(25)24-10-12-27-13-11-24/h4-9,14H,3,10-13,15H2,1-2H3,(H,23,26). The Morgan fingerprint density at radius 3 is 2.45 bits per heavy atom. The van der Waals surface area contributed by atoms with Gasteiger partial charge < -0.3 is 24.4 Å². The van der Waals surface area contributed by atoms with E-state index in [1.165, 1.54) is 0 Å². The van der Waals surface area contributed by atoms with Gasteiger partial charge in [-0.2, -0.15) is 0 Å². The van der Waals surface area contributed by atoms with E-state index in [-0.39, 0.29) is 18.4 Å². The van der Waals surface area contributed by atoms with Gasteiger partial charge in [0, 0.05) is 24.3 Å². The van der Waals surface area contributed by atoms with Crippen LogP contribution in [0.15, 0.2) is 42.5 Å². The molecule has 3 rings (SSSR count). The van der Waals surface area contributed by atoms with Crippen LogP contribution in [0.2, 0.25) is 0 Å². The van der Waals surface area contributed by atoms with Crippen LogP contribution < -0.4 is 14.8 Å². The smallest absolute Gasteiger partial charge is 0.260 e. The molecule has 2 amide bonds. The van der Waals surface area contributed by atoms with Crippen LogP contribution in [-0.4, -0.2) is 56.2 Å². The summed E-state index contributed by atoms with van der Waals surface area (Å²) in [6, 6.07) is 12.5. The van der Waals surface area contributed by atoms with Crippen LogP contribution >= 0.6 is 0 Å². The number of nitrogens with one attached hydrogen (secondary N) is 1. The van der Waals surface area contributed by atoms with Crippen molar-refractivity contribution in [3.05, 3.63) is 53.6 Å². The molecule has 29 heavy (non-hydrogen) atoms. The molecule has 0 aromatic heterocycles. The van der Waals surface area contributed by atoms with Crippen molar-refractivity contribution in [1.82, 2.24) is 4.90 Å². The SMILES string of the molecule is CCOc1cc(C(=O)Nc2ccc(C)cc2)ccc1OCC(=O)N1CCOCC1. The molecule has 1 saturated heterocycles. The number of ether oxygens (including phenoxy) is 3. The van der Waals surface area contributed by atoms with Gasteiger partial charge in [0.1, 0.15) is 0 Å². The summed E-state index contributed by atoms with van der Waals surface area (Å²) in [5, 5.41) is 2.86. The summed E-state index contributed by atoms with van der Waals surface area (Å²) in [4.78, 5) is 26.6. The van der Waals surface area contributed by atoms with Crippen LogP contribution in [0.4, 0.5) is 5.69 Å². The van der Waals surface area contributed by atoms with E-state index in [0.717, 1.165) is 11.3 Å². The molecule has 0 atom stereocenters. The summed E-state index contributed by atoms with van der Waals surface area (Å²) in [6.45, 7) is 6.38. The van der Waals surface area contributed by atoms with Crippen LogP contribution in [0.3, 0.4) is 0 Å². The molecule has 1 fully saturated rings. The summed E-state index contributed by atoms with van der Waals surface area (Å²) in [7, 11) is 0. The van der Waals surface area contributed by atoms with E-state index in [4.69, 9.17) is 14.2 Å². The van der Waals surface area contributed by atoms with E-state index in [1.54, 1.807) is 23.1 Å². The van der Waals surface area contributed by atoms with Crippen molar-refractivity contribution in [3.63, 3.8) is 0 Å². The number of amides is 2. The molecule has 0 spiro atoms. The first-order chi connectivity index (χ1) is 14.1. The third kappa shape index (κ3) is 5.71. The Hall–Kier alpha value is -3.06. The first-order valence-electron chi connectivity index (χ1n) is 9.70. The summed E-state index contributed by atoms with van der Waals surface area (Å²) in [5.41, 5.74) is 2.28. The van der Waals surface area contributed by atoms with E-state index >= 15 is 0 Å². The molecule has 0 bridgehead atoms. The lowest BCUT2D eigenvalue weighted by Gasteiger charge is -2.26. The zero-order chi connectivity index (χ0) is 20.6. The van der Waals surface area contributed by atoms with Gasteiger partial charge in [-0.15, -0.1) is 0 Å². The number of benzene rings is 2. The zero-order valence-corrected chi connectivity index (χ0v) is 16.8. The molecule has 0 saturated carbocycles. The molecule has 7 nitrogen and oxygen atoms in total. The summed E-state index contributed by atoms with van der Waals surface area (Å²) < 4.78 is 16.6. The van der Waals surface area contributed by atoms with Gasteiger partial charge in [-0.25, -0.2) is 0 Å². The highest BCUT2D eigenvalue weighted by atomic mass is 16.5. The van der Waals surface area contributed by atoms with Crippen LogP contribution in [0.25, 0.3) is 0 Å². The van der Waals surface area contributed by atoms with E-state index in [1.807, 2.05) is 38.1 Å². The predicted octanol–water partition coefficient (Wildman–Crippen LogP) is 2.88. The van der Waals surface area contributed by atoms with Crippen LogP contribution in [0.5, 0.6) is 11.5 Å². The number of morpholine rings is 1. The maximum absolute atomic E-state index is 12.6. The molecule has 0 radical (unpaired) electrons. The van der Waals surface area contributed by atoms with Gasteiger partial charge in [0.25, 0.3) is 11.8 Å². The lowest BCUT2D eigenvalue weighted by molar-refractivity contribution is -0.137. The number of carbonyl (C=O) groups excluding carboxylic acids is 2. The number of carbonyl (C=O) groups is 2. The minimum atomic E-state index is -0.245. The second-order valence-electron chi connectivity index (χ2n) is 6.70. The van der Waals surface area contributed by atoms with E-state index in [0.29, 0.717) is 50.0 Å². The summed E-state index contributed by atoms with van der Waals surface area (Å²) in [6.07, 6.45) is 0. The van der Waals surface area contributed by atoms with Gasteiger partial charge >= 0.3 is 0 Å². The fourth-order valence-electron chi connectivity index (χ4n) is 2.92. The van der Waals surface area contributed by atoms with Crippen LogP contribution in [-0.2, 0) is 9.53 Å². The van der Waals surface area contributed by atoms with E-state index in [9.17, 15) is 9.59 Å². The maximum atomic E-state index is 12.6. The first-order valence-corrected chi connectivity index (χ1v) is 9.70. The van der Waals surface area contributed by atoms with Crippen molar-refractivity contribution < 1.29 is 23.8 Å². The third-order valence-corrected chi connectivity index (χ3v) is 4.53. The highest BCUT2D eigenvalue weighted by molar-refractivity contribution is 6.04. The lowest BCUT2D eigenvalue weighted by atomic mass is 10.1. The molecule has 2 aromatic carbocycles. The number of anilines is 1. The average molecular weight is 398 g/mol. The average Bonchev–Trinajstić information content (AvgIpc) is 2.75. The van der Waals surface area contributed by atoms with Crippen LogP contribution in [0.1, 0.15) is 22.8 Å². The number of aryl methyl sites for hydroxylation is 1. The largest absolute Gasteiger partial charge is 0.490 e. The highest BCUT2D eigenvalue weighted by Crippen LogP contribution is 2.29. The van der Waals surface area contributed by atoms with Crippen molar-refractivity contribution >= 4 is 17.5 Å². The minimum Gasteiger partial charge on any atom is -0.490 e. The number of hydrogen-bond donors (Lipinski definition) is 1. The van der Waals surface area contributed by atoms with Gasteiger partial charge in [0.05, 0.1) is 19.8 Å². The Balaban J connectivity index is 1.66. The Morgan fingerprint density at radius 1 is 1.03 bits per heavy atom. The minimum absolute atomic E-state index is 0.0883. The zero-order valence-electron chi connectivity index (χ0n) is 16.8. The lowest BCUT2D eigenvalue weighted by Crippen LogP contribution is -2.43. The molecule has 1 aliphatic rings. The van der Waals surface area contributed by atoms with Gasteiger partial charge in [0.2, 0.25) is 0 Å². The number of hydrogen-bond acceptors (Lipinski definition) is 5. The Morgan fingerprint density at radius 2 is 1.76 bits per heavy atom. The fraction of sp³-hybridized carbons (Fsp3) is 0.364. The van der Waals surface area contributed by atoms with Crippen molar-refractivity contribution in [3.8, 4) is 11.5 Å². The normalized spacial score (nSPS) is 13.7. The molecule has 1 heterocycles. The van der Waals surface area contributed by atoms with Crippen LogP contribution in [0, 0.1) is 6.92 Å². The molecule has 1 N–H and O–H groups in total. The topological polar surface area (TPSA) is 77.1 Å². The predicted molar refractivity (Wildman–Crippen MR) is 110 cm³/mol. The second kappa shape index (κ2) is 9.93. The van der Waals surface area contributed by atoms with E-state index < -0.39 is 0 Å². The van der Waals surface area contributed by atoms with Crippen molar-refractivity contribution in [2.45, 2.75) is 13.8 Å². The van der Waals surface area contributed by atoms with Gasteiger partial charge in [0.15, 0.2) is 18.1 Å². The molecule has 0 unspecified atom stereocenters. The summed E-state index contributed by atoms with van der Waals surface area (Å²) >= 11 is 0. The van der Waals surface area contributed by atoms with Crippen molar-refractivity contribution in [2.75, 3.05) is 44.8 Å². The quantitative estimate of drug-likeness (QED) is 0.776. The first kappa shape index (κ1) is 20.7. The van der Waals surface area contributed by atoms with Gasteiger partial charge in [-0.3, -0.25) is 9.59 Å². The van der Waals surface area contributed by atoms with Gasteiger partial charge in [-0.05, 0) is 44.2 Å². The Kier molecular flexibility index (Phi) is 7.08. The molecule has 154 valence electrons. The highest BCUT2D eigenvalue weighted by Gasteiger charge is 2.18. The second-order valence-corrected chi connectivity index (χ2v) is 6.70.